The molecule has 1 amide bonds. The molecule has 0 saturated carbocycles. The van der Waals surface area contributed by atoms with E-state index < -0.39 is 0 Å². The minimum atomic E-state index is 0.130. The van der Waals surface area contributed by atoms with E-state index in [-0.39, 0.29) is 12.0 Å². The molecular weight excluding hydrogens is 276 g/mol. The van der Waals surface area contributed by atoms with Crippen LogP contribution >= 0.6 is 0 Å². The van der Waals surface area contributed by atoms with Crippen LogP contribution in [-0.2, 0) is 4.74 Å². The number of ether oxygens (including phenoxy) is 1. The zero-order valence-electron chi connectivity index (χ0n) is 13.6. The van der Waals surface area contributed by atoms with Crippen LogP contribution in [0.3, 0.4) is 0 Å². The second-order valence-corrected chi connectivity index (χ2v) is 6.48. The Morgan fingerprint density at radius 1 is 1.32 bits per heavy atom. The van der Waals surface area contributed by atoms with Crippen LogP contribution in [0, 0.1) is 6.92 Å². The number of amides is 1. The normalized spacial score (nSPS) is 23.5. The molecule has 22 heavy (non-hydrogen) atoms. The molecule has 3 rings (SSSR count). The molecule has 120 valence electrons. The Morgan fingerprint density at radius 3 is 2.82 bits per heavy atom. The summed E-state index contributed by atoms with van der Waals surface area (Å²) in [5, 5.41) is 3.41. The van der Waals surface area contributed by atoms with Crippen molar-refractivity contribution in [3.63, 3.8) is 0 Å². The van der Waals surface area contributed by atoms with Gasteiger partial charge in [0.15, 0.2) is 0 Å². The summed E-state index contributed by atoms with van der Waals surface area (Å²) in [5.41, 5.74) is 3.39. The highest BCUT2D eigenvalue weighted by Crippen LogP contribution is 2.30. The van der Waals surface area contributed by atoms with Crippen LogP contribution in [0.25, 0.3) is 0 Å². The summed E-state index contributed by atoms with van der Waals surface area (Å²) in [4.78, 5) is 14.8. The smallest absolute Gasteiger partial charge is 0.254 e. The maximum absolute atomic E-state index is 12.9. The van der Waals surface area contributed by atoms with Crippen LogP contribution < -0.4 is 5.32 Å². The van der Waals surface area contributed by atoms with E-state index in [1.807, 2.05) is 24.0 Å². The third-order valence-electron chi connectivity index (χ3n) is 4.91. The van der Waals surface area contributed by atoms with Gasteiger partial charge in [-0.25, -0.2) is 0 Å². The highest BCUT2D eigenvalue weighted by atomic mass is 16.5. The van der Waals surface area contributed by atoms with Crippen molar-refractivity contribution in [2.24, 2.45) is 0 Å². The number of piperidine rings is 1. The molecule has 1 unspecified atom stereocenters. The van der Waals surface area contributed by atoms with Crippen molar-refractivity contribution in [3.8, 4) is 0 Å². The zero-order chi connectivity index (χ0) is 15.5. The van der Waals surface area contributed by atoms with Gasteiger partial charge in [-0.15, -0.1) is 0 Å². The van der Waals surface area contributed by atoms with E-state index in [4.69, 9.17) is 4.74 Å². The first-order chi connectivity index (χ1) is 10.7. The average molecular weight is 302 g/mol. The molecule has 1 aromatic rings. The van der Waals surface area contributed by atoms with Crippen LogP contribution in [-0.4, -0.2) is 49.7 Å². The number of nitrogens with zero attached hydrogens (tertiary/aromatic N) is 1. The first kappa shape index (κ1) is 15.5. The predicted octanol–water partition coefficient (Wildman–Crippen LogP) is 2.32. The minimum absolute atomic E-state index is 0.130. The molecule has 1 aromatic carbocycles. The third kappa shape index (κ3) is 3.18. The van der Waals surface area contributed by atoms with Gasteiger partial charge in [0, 0.05) is 18.7 Å². The van der Waals surface area contributed by atoms with E-state index in [0.717, 1.165) is 31.5 Å². The molecular formula is C18H26N2O2. The third-order valence-corrected chi connectivity index (χ3v) is 4.91. The van der Waals surface area contributed by atoms with Gasteiger partial charge < -0.3 is 15.0 Å². The monoisotopic (exact) mass is 302 g/mol. The number of benzene rings is 1. The van der Waals surface area contributed by atoms with Crippen molar-refractivity contribution >= 4 is 5.91 Å². The first-order valence-electron chi connectivity index (χ1n) is 8.38. The number of nitrogens with one attached hydrogen (secondary N) is 1. The van der Waals surface area contributed by atoms with E-state index in [1.165, 1.54) is 11.1 Å². The predicted molar refractivity (Wildman–Crippen MR) is 87.3 cm³/mol. The highest BCUT2D eigenvalue weighted by molar-refractivity contribution is 5.96. The maximum atomic E-state index is 12.9. The van der Waals surface area contributed by atoms with E-state index in [9.17, 15) is 4.79 Å². The number of morpholine rings is 1. The lowest BCUT2D eigenvalue weighted by Crippen LogP contribution is -2.44. The summed E-state index contributed by atoms with van der Waals surface area (Å²) in [6, 6.07) is 6.22. The van der Waals surface area contributed by atoms with Crippen LogP contribution in [0.5, 0.6) is 0 Å². The quantitative estimate of drug-likeness (QED) is 0.911. The number of hydrogen-bond acceptors (Lipinski definition) is 3. The number of carbonyl (C=O) groups excluding carboxylic acids is 1. The van der Waals surface area contributed by atoms with Crippen molar-refractivity contribution in [1.82, 2.24) is 10.2 Å². The van der Waals surface area contributed by atoms with Crippen LogP contribution in [0.15, 0.2) is 18.2 Å². The lowest BCUT2D eigenvalue weighted by atomic mass is 9.85. The fraction of sp³-hybridized carbons (Fsp3) is 0.611. The second kappa shape index (κ2) is 6.80. The molecule has 0 aromatic heterocycles. The van der Waals surface area contributed by atoms with Gasteiger partial charge in [-0.2, -0.15) is 0 Å². The van der Waals surface area contributed by atoms with E-state index >= 15 is 0 Å². The standard InChI is InChI=1S/C18H26N2O2/c1-13-12-20(10-11-22-13)18(21)17-5-3-4-16(14(17)2)15-6-8-19-9-7-15/h3-5,13,15,19H,6-12H2,1-2H3. The zero-order valence-corrected chi connectivity index (χ0v) is 13.6. The Balaban J connectivity index is 1.82. The van der Waals surface area contributed by atoms with Crippen molar-refractivity contribution < 1.29 is 9.53 Å². The fourth-order valence-corrected chi connectivity index (χ4v) is 3.63. The van der Waals surface area contributed by atoms with Gasteiger partial charge in [0.25, 0.3) is 5.91 Å². The Morgan fingerprint density at radius 2 is 2.09 bits per heavy atom. The van der Waals surface area contributed by atoms with Crippen LogP contribution in [0.1, 0.15) is 47.2 Å². The number of rotatable bonds is 2. The fourth-order valence-electron chi connectivity index (χ4n) is 3.63. The largest absolute Gasteiger partial charge is 0.375 e. The molecule has 0 radical (unpaired) electrons. The van der Waals surface area contributed by atoms with E-state index in [0.29, 0.717) is 25.6 Å². The molecule has 1 N–H and O–H groups in total. The molecule has 0 bridgehead atoms. The summed E-state index contributed by atoms with van der Waals surface area (Å²) in [7, 11) is 0. The second-order valence-electron chi connectivity index (χ2n) is 6.48. The molecule has 0 spiro atoms. The molecule has 0 aliphatic carbocycles. The van der Waals surface area contributed by atoms with Gasteiger partial charge in [-0.3, -0.25) is 4.79 Å². The Kier molecular flexibility index (Phi) is 4.79. The first-order valence-corrected chi connectivity index (χ1v) is 8.38. The van der Waals surface area contributed by atoms with Gasteiger partial charge in [-0.1, -0.05) is 12.1 Å². The van der Waals surface area contributed by atoms with Gasteiger partial charge in [0.05, 0.1) is 12.7 Å². The van der Waals surface area contributed by atoms with Crippen molar-refractivity contribution in [1.29, 1.82) is 0 Å². The lowest BCUT2D eigenvalue weighted by molar-refractivity contribution is -0.0124. The topological polar surface area (TPSA) is 41.6 Å². The van der Waals surface area contributed by atoms with Crippen LogP contribution in [0.2, 0.25) is 0 Å². The highest BCUT2D eigenvalue weighted by Gasteiger charge is 2.25. The molecule has 2 fully saturated rings. The summed E-state index contributed by atoms with van der Waals surface area (Å²) < 4.78 is 5.54. The summed E-state index contributed by atoms with van der Waals surface area (Å²) in [5.74, 6) is 0.737. The Bertz CT molecular complexity index is 538. The van der Waals surface area contributed by atoms with E-state index in [1.54, 1.807) is 0 Å². The van der Waals surface area contributed by atoms with E-state index in [2.05, 4.69) is 18.3 Å². The van der Waals surface area contributed by atoms with Crippen molar-refractivity contribution in [3.05, 3.63) is 34.9 Å². The molecule has 1 atom stereocenters. The van der Waals surface area contributed by atoms with Crippen molar-refractivity contribution in [2.75, 3.05) is 32.8 Å². The minimum Gasteiger partial charge on any atom is -0.375 e. The maximum Gasteiger partial charge on any atom is 0.254 e. The molecule has 4 heteroatoms. The Hall–Kier alpha value is -1.39. The molecule has 2 saturated heterocycles. The lowest BCUT2D eigenvalue weighted by Gasteiger charge is -2.32. The van der Waals surface area contributed by atoms with Gasteiger partial charge >= 0.3 is 0 Å². The van der Waals surface area contributed by atoms with Gasteiger partial charge in [-0.05, 0) is 62.9 Å². The Labute approximate surface area is 132 Å². The molecule has 2 heterocycles. The number of hydrogen-bond donors (Lipinski definition) is 1. The van der Waals surface area contributed by atoms with Gasteiger partial charge in [0.1, 0.15) is 0 Å². The van der Waals surface area contributed by atoms with Crippen LogP contribution in [0.4, 0.5) is 0 Å². The summed E-state index contributed by atoms with van der Waals surface area (Å²) in [6.45, 7) is 8.30. The number of carbonyl (C=O) groups is 1. The molecule has 2 aliphatic heterocycles. The SMILES string of the molecule is Cc1c(C(=O)N2CCOC(C)C2)cccc1C1CCNCC1. The molecule has 2 aliphatic rings. The van der Waals surface area contributed by atoms with Gasteiger partial charge in [0.2, 0.25) is 0 Å². The molecule has 4 nitrogen and oxygen atoms in total. The average Bonchev–Trinajstić information content (AvgIpc) is 2.55. The summed E-state index contributed by atoms with van der Waals surface area (Å²) >= 11 is 0. The van der Waals surface area contributed by atoms with Crippen molar-refractivity contribution in [2.45, 2.75) is 38.7 Å². The summed E-state index contributed by atoms with van der Waals surface area (Å²) in [6.07, 6.45) is 2.45.